The van der Waals surface area contributed by atoms with Gasteiger partial charge in [-0.1, -0.05) is 35.7 Å². The Hall–Kier alpha value is -3.12. The zero-order chi connectivity index (χ0) is 31.6. The number of benzene rings is 2. The number of ether oxygens (including phenoxy) is 2. The summed E-state index contributed by atoms with van der Waals surface area (Å²) < 4.78 is 30.8. The molecule has 2 aliphatic carbocycles. The van der Waals surface area contributed by atoms with Crippen molar-refractivity contribution in [3.63, 3.8) is 0 Å². The topological polar surface area (TPSA) is 85.3 Å². The van der Waals surface area contributed by atoms with Crippen molar-refractivity contribution < 1.29 is 23.3 Å². The summed E-state index contributed by atoms with van der Waals surface area (Å²) >= 11 is 6.42. The smallest absolute Gasteiger partial charge is 0.285 e. The van der Waals surface area contributed by atoms with Gasteiger partial charge >= 0.3 is 0 Å². The lowest BCUT2D eigenvalue weighted by Gasteiger charge is -2.46. The van der Waals surface area contributed by atoms with Gasteiger partial charge in [0.05, 0.1) is 28.1 Å². The minimum absolute atomic E-state index is 0.0192. The summed E-state index contributed by atoms with van der Waals surface area (Å²) in [5, 5.41) is 0.747. The Kier molecular flexibility index (Phi) is 9.42. The Morgan fingerprint density at radius 1 is 1.22 bits per heavy atom. The number of nitrogens with zero attached hydrogens (tertiary/aromatic N) is 2. The van der Waals surface area contributed by atoms with Crippen LogP contribution in [0, 0.1) is 23.7 Å². The third kappa shape index (κ3) is 6.72. The van der Waals surface area contributed by atoms with E-state index in [9.17, 15) is 13.8 Å². The number of ketones is 1. The Morgan fingerprint density at radius 3 is 2.87 bits per heavy atom. The van der Waals surface area contributed by atoms with Crippen molar-refractivity contribution in [1.82, 2.24) is 0 Å². The molecule has 0 radical (unpaired) electrons. The molecule has 2 aromatic carbocycles. The second-order valence-electron chi connectivity index (χ2n) is 12.9. The average Bonchev–Trinajstić information content (AvgIpc) is 3.14. The molecule has 0 aromatic heterocycles. The number of carbonyl (C=O) groups excluding carboxylic acids is 2. The molecule has 1 spiro atoms. The number of anilines is 1. The summed E-state index contributed by atoms with van der Waals surface area (Å²) in [6.45, 7) is 3.62. The van der Waals surface area contributed by atoms with Crippen LogP contribution in [-0.4, -0.2) is 60.3 Å². The maximum Gasteiger partial charge on any atom is 0.285 e. The van der Waals surface area contributed by atoms with E-state index in [4.69, 9.17) is 21.1 Å². The lowest BCUT2D eigenvalue weighted by atomic mass is 9.68. The highest BCUT2D eigenvalue weighted by atomic mass is 35.5. The van der Waals surface area contributed by atoms with E-state index in [0.29, 0.717) is 36.8 Å². The van der Waals surface area contributed by atoms with Crippen LogP contribution < -0.4 is 9.64 Å². The number of amides is 1. The van der Waals surface area contributed by atoms with Crippen molar-refractivity contribution in [2.24, 2.45) is 16.2 Å². The van der Waals surface area contributed by atoms with Gasteiger partial charge in [-0.2, -0.15) is 4.36 Å². The highest BCUT2D eigenvalue weighted by Gasteiger charge is 2.44. The highest BCUT2D eigenvalue weighted by molar-refractivity contribution is 7.94. The summed E-state index contributed by atoms with van der Waals surface area (Å²) in [6.07, 6.45) is 10.6. The SMILES string of the molecule is CC#CC(=O)C[S@@]1(=O)=NC(=O)c2ccc3c(c2)N(C[C@@H]2CC[C@H]2[C@@H](OC)/C=C/CCC1)C[C@@]1(CCCc2cc(Cl)ccc21)CO3. The van der Waals surface area contributed by atoms with Crippen LogP contribution in [0.4, 0.5) is 5.69 Å². The van der Waals surface area contributed by atoms with Gasteiger partial charge in [0.25, 0.3) is 5.91 Å². The highest BCUT2D eigenvalue weighted by Crippen LogP contribution is 2.47. The molecule has 1 amide bonds. The molecule has 2 aromatic rings. The first-order valence-corrected chi connectivity index (χ1v) is 18.2. The van der Waals surface area contributed by atoms with Gasteiger partial charge in [-0.05, 0) is 111 Å². The molecule has 5 atom stereocenters. The van der Waals surface area contributed by atoms with Crippen LogP contribution in [0.5, 0.6) is 5.75 Å². The molecule has 0 N–H and O–H groups in total. The van der Waals surface area contributed by atoms with Gasteiger partial charge < -0.3 is 14.4 Å². The van der Waals surface area contributed by atoms with Crippen LogP contribution in [0.15, 0.2) is 52.9 Å². The number of Topliss-reactive ketones (excluding diaryl/α,β-unsaturated/α-hetero) is 1. The standard InChI is InChI=1S/C36H41ClN2O5S/c1-3-8-29(40)22-45(42)18-6-4-5-10-33(43-2)30-14-11-27(30)21-39-23-36(17-7-9-25-19-28(37)13-15-31(25)36)24-44-34-16-12-26(20-32(34)39)35(41)38-45/h5,10,12-13,15-16,19-20,27,30,33H,4,6-7,9,11,14,17-18,21-24H2,1-2H3/b10-5+/t27-,30+,33-,36-,45+/m0/s1. The first kappa shape index (κ1) is 31.8. The molecule has 45 heavy (non-hydrogen) atoms. The Balaban J connectivity index is 1.44. The minimum Gasteiger partial charge on any atom is -0.490 e. The van der Waals surface area contributed by atoms with E-state index in [-0.39, 0.29) is 23.0 Å². The van der Waals surface area contributed by atoms with Crippen molar-refractivity contribution >= 4 is 38.7 Å². The number of aryl methyl sites for hydroxylation is 1. The minimum atomic E-state index is -3.16. The number of hydrogen-bond acceptors (Lipinski definition) is 6. The Labute approximate surface area is 271 Å². The maximum atomic E-state index is 14.0. The van der Waals surface area contributed by atoms with Gasteiger partial charge in [0.15, 0.2) is 0 Å². The van der Waals surface area contributed by atoms with Crippen molar-refractivity contribution in [3.05, 3.63) is 70.3 Å². The fourth-order valence-corrected chi connectivity index (χ4v) is 9.57. The van der Waals surface area contributed by atoms with E-state index in [1.807, 2.05) is 18.2 Å². The predicted octanol–water partition coefficient (Wildman–Crippen LogP) is 6.40. The van der Waals surface area contributed by atoms with E-state index in [1.54, 1.807) is 20.1 Å². The van der Waals surface area contributed by atoms with Crippen molar-refractivity contribution in [2.45, 2.75) is 63.4 Å². The summed E-state index contributed by atoms with van der Waals surface area (Å²) in [5.41, 5.74) is 3.50. The fraction of sp³-hybridized carbons (Fsp3) is 0.500. The van der Waals surface area contributed by atoms with E-state index >= 15 is 0 Å². The number of carbonyl (C=O) groups is 2. The first-order chi connectivity index (χ1) is 21.7. The van der Waals surface area contributed by atoms with Crippen LogP contribution >= 0.6 is 11.6 Å². The van der Waals surface area contributed by atoms with Gasteiger partial charge in [0.1, 0.15) is 11.5 Å². The third-order valence-corrected chi connectivity index (χ3v) is 12.3. The molecule has 0 saturated heterocycles. The molecule has 238 valence electrons. The van der Waals surface area contributed by atoms with Crippen LogP contribution in [0.25, 0.3) is 0 Å². The lowest BCUT2D eigenvalue weighted by molar-refractivity contribution is -0.111. The monoisotopic (exact) mass is 648 g/mol. The number of fused-ring (bicyclic) bond motifs is 4. The van der Waals surface area contributed by atoms with Crippen molar-refractivity contribution in [3.8, 4) is 17.6 Å². The van der Waals surface area contributed by atoms with E-state index in [0.717, 1.165) is 61.7 Å². The normalized spacial score (nSPS) is 30.2. The fourth-order valence-electron chi connectivity index (χ4n) is 7.57. The van der Waals surface area contributed by atoms with Crippen molar-refractivity contribution in [2.75, 3.05) is 43.2 Å². The zero-order valence-corrected chi connectivity index (χ0v) is 27.6. The number of methoxy groups -OCH3 is 1. The number of rotatable bonds is 3. The molecule has 2 bridgehead atoms. The molecule has 4 aliphatic rings. The van der Waals surface area contributed by atoms with Gasteiger partial charge in [0.2, 0.25) is 5.78 Å². The van der Waals surface area contributed by atoms with E-state index in [1.165, 1.54) is 11.1 Å². The molecule has 1 saturated carbocycles. The zero-order valence-electron chi connectivity index (χ0n) is 26.1. The van der Waals surface area contributed by atoms with Crippen LogP contribution in [0.3, 0.4) is 0 Å². The molecular weight excluding hydrogens is 608 g/mol. The Morgan fingerprint density at radius 2 is 2.09 bits per heavy atom. The number of halogens is 1. The molecule has 1 fully saturated rings. The summed E-state index contributed by atoms with van der Waals surface area (Å²) in [7, 11) is -1.40. The lowest BCUT2D eigenvalue weighted by Crippen LogP contribution is -2.49. The predicted molar refractivity (Wildman–Crippen MR) is 179 cm³/mol. The molecule has 7 nitrogen and oxygen atoms in total. The van der Waals surface area contributed by atoms with E-state index < -0.39 is 21.4 Å². The molecular formula is C36H41ClN2O5S. The quantitative estimate of drug-likeness (QED) is 0.217. The van der Waals surface area contributed by atoms with Crippen LogP contribution in [0.1, 0.15) is 66.9 Å². The third-order valence-electron chi connectivity index (χ3n) is 9.94. The summed E-state index contributed by atoms with van der Waals surface area (Å²) in [4.78, 5) is 28.5. The van der Waals surface area contributed by atoms with E-state index in [2.05, 4.69) is 45.4 Å². The van der Waals surface area contributed by atoms with Crippen LogP contribution in [-0.2, 0) is 31.1 Å². The van der Waals surface area contributed by atoms with Gasteiger partial charge in [0, 0.05) is 42.0 Å². The van der Waals surface area contributed by atoms with Gasteiger partial charge in [-0.15, -0.1) is 0 Å². The average molecular weight is 649 g/mol. The number of allylic oxidation sites excluding steroid dienone is 1. The summed E-state index contributed by atoms with van der Waals surface area (Å²) in [6, 6.07) is 11.6. The van der Waals surface area contributed by atoms with Gasteiger partial charge in [-0.3, -0.25) is 9.59 Å². The largest absolute Gasteiger partial charge is 0.490 e. The number of hydrogen-bond donors (Lipinski definition) is 0. The molecule has 2 heterocycles. The molecule has 2 aliphatic heterocycles. The van der Waals surface area contributed by atoms with Gasteiger partial charge in [-0.25, -0.2) is 4.21 Å². The molecule has 9 heteroatoms. The summed E-state index contributed by atoms with van der Waals surface area (Å²) in [5.74, 6) is 5.26. The molecule has 6 rings (SSSR count). The second-order valence-corrected chi connectivity index (χ2v) is 15.7. The Bertz CT molecular complexity index is 1700. The second kappa shape index (κ2) is 13.3. The maximum absolute atomic E-state index is 14.0. The van der Waals surface area contributed by atoms with Crippen molar-refractivity contribution in [1.29, 1.82) is 0 Å². The molecule has 0 unspecified atom stereocenters. The van der Waals surface area contributed by atoms with Crippen LogP contribution in [0.2, 0.25) is 5.02 Å². The first-order valence-electron chi connectivity index (χ1n) is 16.0.